The third-order valence-corrected chi connectivity index (χ3v) is 5.81. The fourth-order valence-corrected chi connectivity index (χ4v) is 3.28. The summed E-state index contributed by atoms with van der Waals surface area (Å²) >= 11 is 0. The van der Waals surface area contributed by atoms with Gasteiger partial charge in [0.25, 0.3) is 0 Å². The quantitative estimate of drug-likeness (QED) is 0.224. The zero-order chi connectivity index (χ0) is 29.6. The maximum Gasteiger partial charge on any atom is 2.00 e. The van der Waals surface area contributed by atoms with Gasteiger partial charge < -0.3 is 51.1 Å². The summed E-state index contributed by atoms with van der Waals surface area (Å²) in [5.41, 5.74) is 0. The number of hydrogen-bond acceptors (Lipinski definition) is 10. The Labute approximate surface area is 319 Å². The summed E-state index contributed by atoms with van der Waals surface area (Å²) in [6.07, 6.45) is 0. The van der Waals surface area contributed by atoms with Crippen LogP contribution in [0.4, 0.5) is 0 Å². The number of piperazine rings is 5. The van der Waals surface area contributed by atoms with Gasteiger partial charge >= 0.3 is 55.7 Å². The van der Waals surface area contributed by atoms with Crippen molar-refractivity contribution in [2.45, 2.75) is 27.7 Å². The fourth-order valence-electron chi connectivity index (χ4n) is 3.28. The smallest absolute Gasteiger partial charge is 0.617 e. The standard InChI is InChI=1S/2C5H12N2.3C5H10N2.2C2H6.3V.W/c5*1-7-4-2-6-3-5-7;2*1-2;;;;/h2*6H,2-5H2,1H3;2,5-6H,3-4H2,1H3;2*2-3,6H,4-5H2,1H3;2*1-2H3;;;;/q;;3*-2;;;3*+2;. The van der Waals surface area contributed by atoms with E-state index in [1.54, 1.807) is 0 Å². The van der Waals surface area contributed by atoms with E-state index in [1.165, 1.54) is 26.2 Å². The van der Waals surface area contributed by atoms with Crippen LogP contribution in [0.3, 0.4) is 0 Å². The van der Waals surface area contributed by atoms with Gasteiger partial charge in [0.2, 0.25) is 0 Å². The van der Waals surface area contributed by atoms with Crippen LogP contribution in [0.15, 0.2) is 0 Å². The first-order valence-corrected chi connectivity index (χ1v) is 15.0. The molecule has 5 rings (SSSR count). The molecule has 5 saturated heterocycles. The van der Waals surface area contributed by atoms with E-state index in [0.717, 1.165) is 65.4 Å². The maximum absolute atomic E-state index is 3.27. The SMILES string of the molecule is CC.CC.CN1CCNCC1.CN1CCNCC1.CN1C[CH-]N[CH-]C1.CN1C[CH-]N[CH-]C1.CN1[CH-]CN[CH-]C1.[V+2].[V+2].[V+2].[W]. The van der Waals surface area contributed by atoms with Crippen molar-refractivity contribution in [2.75, 3.05) is 127 Å². The summed E-state index contributed by atoms with van der Waals surface area (Å²) in [6, 6.07) is 0. The molecule has 0 atom stereocenters. The first kappa shape index (κ1) is 57.3. The summed E-state index contributed by atoms with van der Waals surface area (Å²) in [4.78, 5) is 11.2. The predicted molar refractivity (Wildman–Crippen MR) is 171 cm³/mol. The van der Waals surface area contributed by atoms with Crippen LogP contribution >= 0.6 is 0 Å². The van der Waals surface area contributed by atoms with E-state index < -0.39 is 0 Å². The van der Waals surface area contributed by atoms with Crippen molar-refractivity contribution in [2.24, 2.45) is 0 Å². The van der Waals surface area contributed by atoms with E-state index in [9.17, 15) is 0 Å². The number of hydrogen-bond donors (Lipinski definition) is 5. The fraction of sp³-hybridized carbons (Fsp3) is 0.793. The van der Waals surface area contributed by atoms with Gasteiger partial charge in [-0.15, -0.1) is 39.3 Å². The molecule has 0 amide bonds. The van der Waals surface area contributed by atoms with Crippen LogP contribution in [0, 0.1) is 39.3 Å². The Bertz CT molecular complexity index is 357. The van der Waals surface area contributed by atoms with Crippen LogP contribution in [-0.2, 0) is 76.7 Å². The average molecular weight is 892 g/mol. The predicted octanol–water partition coefficient (Wildman–Crippen LogP) is 0.620. The third-order valence-electron chi connectivity index (χ3n) is 5.81. The van der Waals surface area contributed by atoms with Crippen LogP contribution in [0.2, 0.25) is 0 Å². The molecule has 5 N–H and O–H groups in total. The molecule has 3 radical (unpaired) electrons. The van der Waals surface area contributed by atoms with Gasteiger partial charge in [0.15, 0.2) is 0 Å². The van der Waals surface area contributed by atoms with E-state index in [4.69, 9.17) is 0 Å². The second kappa shape index (κ2) is 46.2. The molecule has 0 saturated carbocycles. The minimum absolute atomic E-state index is 0. The summed E-state index contributed by atoms with van der Waals surface area (Å²) in [6.45, 7) is 36.0. The molecule has 0 spiro atoms. The second-order valence-corrected chi connectivity index (χ2v) is 9.43. The normalized spacial score (nSPS) is 20.9. The molecule has 43 heavy (non-hydrogen) atoms. The van der Waals surface area contributed by atoms with E-state index in [2.05, 4.69) is 99.4 Å². The molecule has 0 aromatic carbocycles. The molecule has 5 aliphatic rings. The molecule has 5 heterocycles. The summed E-state index contributed by atoms with van der Waals surface area (Å²) in [7, 11) is 10.6. The van der Waals surface area contributed by atoms with Gasteiger partial charge in [-0.1, -0.05) is 27.7 Å². The van der Waals surface area contributed by atoms with Crippen molar-refractivity contribution in [3.63, 3.8) is 0 Å². The van der Waals surface area contributed by atoms with Gasteiger partial charge in [0, 0.05) is 73.4 Å². The van der Waals surface area contributed by atoms with Crippen molar-refractivity contribution in [1.82, 2.24) is 51.1 Å². The van der Waals surface area contributed by atoms with E-state index in [-0.39, 0.29) is 76.7 Å². The number of likely N-dealkylation sites (N-methyl/N-ethyl adjacent to an activating group) is 5. The van der Waals surface area contributed by atoms with Gasteiger partial charge in [0.05, 0.1) is 0 Å². The molecule has 253 valence electrons. The van der Waals surface area contributed by atoms with E-state index in [0.29, 0.717) is 0 Å². The van der Waals surface area contributed by atoms with Gasteiger partial charge in [-0.05, 0) is 35.2 Å². The van der Waals surface area contributed by atoms with Gasteiger partial charge in [-0.2, -0.15) is 0 Å². The van der Waals surface area contributed by atoms with Crippen LogP contribution in [0.25, 0.3) is 0 Å². The number of rotatable bonds is 0. The topological polar surface area (TPSA) is 76.4 Å². The molecule has 0 bridgehead atoms. The Morgan fingerprint density at radius 1 is 0.465 bits per heavy atom. The number of nitrogens with zero attached hydrogens (tertiary/aromatic N) is 5. The van der Waals surface area contributed by atoms with E-state index in [1.807, 2.05) is 53.9 Å². The van der Waals surface area contributed by atoms with Crippen LogP contribution in [-0.4, -0.2) is 151 Å². The largest absolute Gasteiger partial charge is 2.00 e. The number of nitrogens with one attached hydrogen (secondary N) is 5. The summed E-state index contributed by atoms with van der Waals surface area (Å²) in [5, 5.41) is 15.7. The van der Waals surface area contributed by atoms with Crippen molar-refractivity contribution < 1.29 is 76.7 Å². The third kappa shape index (κ3) is 44.0. The Morgan fingerprint density at radius 2 is 0.791 bits per heavy atom. The molecule has 0 aromatic rings. The molecule has 0 aromatic heterocycles. The van der Waals surface area contributed by atoms with Crippen LogP contribution in [0.1, 0.15) is 27.7 Å². The van der Waals surface area contributed by atoms with Crippen molar-refractivity contribution in [3.8, 4) is 0 Å². The first-order chi connectivity index (χ1) is 19.0. The average Bonchev–Trinajstić information content (AvgIpc) is 2.99. The molecule has 5 aliphatic heterocycles. The molecule has 5 fully saturated rings. The Hall–Kier alpha value is 2.04. The van der Waals surface area contributed by atoms with E-state index >= 15 is 0 Å². The summed E-state index contributed by atoms with van der Waals surface area (Å²) in [5.74, 6) is 0. The van der Waals surface area contributed by atoms with Crippen LogP contribution < -0.4 is 26.6 Å². The molecule has 0 aliphatic carbocycles. The minimum Gasteiger partial charge on any atom is -0.617 e. The molecular weight excluding hydrogens is 825 g/mol. The minimum atomic E-state index is 0. The monoisotopic (exact) mass is 891 g/mol. The molecular formula is C29H66N10V3W. The summed E-state index contributed by atoms with van der Waals surface area (Å²) < 4.78 is 0. The van der Waals surface area contributed by atoms with Crippen molar-refractivity contribution in [3.05, 3.63) is 39.3 Å². The van der Waals surface area contributed by atoms with Gasteiger partial charge in [-0.3, -0.25) is 39.3 Å². The molecule has 14 heteroatoms. The van der Waals surface area contributed by atoms with Gasteiger partial charge in [-0.25, -0.2) is 0 Å². The Kier molecular flexibility index (Phi) is 61.5. The zero-order valence-electron chi connectivity index (χ0n) is 28.8. The van der Waals surface area contributed by atoms with Gasteiger partial charge in [0.1, 0.15) is 0 Å². The first-order valence-electron chi connectivity index (χ1n) is 15.0. The Morgan fingerprint density at radius 3 is 0.930 bits per heavy atom. The molecule has 0 unspecified atom stereocenters. The Balaban J connectivity index is -0.0000000944. The van der Waals surface area contributed by atoms with Crippen LogP contribution in [0.5, 0.6) is 0 Å². The second-order valence-electron chi connectivity index (χ2n) is 9.43. The van der Waals surface area contributed by atoms with Crippen molar-refractivity contribution in [1.29, 1.82) is 0 Å². The van der Waals surface area contributed by atoms with Crippen molar-refractivity contribution >= 4 is 0 Å². The zero-order valence-corrected chi connectivity index (χ0v) is 36.0. The maximum atomic E-state index is 3.27. The molecule has 10 nitrogen and oxygen atoms in total.